The molecule has 11 heavy (non-hydrogen) atoms. The van der Waals surface area contributed by atoms with Crippen LogP contribution in [0.4, 0.5) is 5.69 Å². The Bertz CT molecular complexity index is 216. The van der Waals surface area contributed by atoms with E-state index >= 15 is 0 Å². The number of rotatable bonds is 3. The van der Waals surface area contributed by atoms with Gasteiger partial charge < -0.3 is 5.32 Å². The highest BCUT2D eigenvalue weighted by Gasteiger charge is 2.20. The van der Waals surface area contributed by atoms with Gasteiger partial charge in [-0.2, -0.15) is 0 Å². The van der Waals surface area contributed by atoms with Crippen LogP contribution in [0, 0.1) is 5.92 Å². The lowest BCUT2D eigenvalue weighted by Crippen LogP contribution is -2.02. The molecule has 58 valence electrons. The van der Waals surface area contributed by atoms with E-state index in [2.05, 4.69) is 16.4 Å². The van der Waals surface area contributed by atoms with E-state index in [9.17, 15) is 0 Å². The van der Waals surface area contributed by atoms with Gasteiger partial charge in [-0.25, -0.2) is 0 Å². The van der Waals surface area contributed by atoms with Crippen molar-refractivity contribution in [1.29, 1.82) is 0 Å². The average molecular weight is 148 g/mol. The predicted molar refractivity (Wildman–Crippen MR) is 45.5 cm³/mol. The zero-order valence-electron chi connectivity index (χ0n) is 6.46. The number of hydrogen-bond acceptors (Lipinski definition) is 2. The van der Waals surface area contributed by atoms with Crippen molar-refractivity contribution < 1.29 is 0 Å². The highest BCUT2D eigenvalue weighted by atomic mass is 14.9. The summed E-state index contributed by atoms with van der Waals surface area (Å²) in [5.41, 5.74) is 1.14. The van der Waals surface area contributed by atoms with Crippen molar-refractivity contribution in [3.8, 4) is 0 Å². The van der Waals surface area contributed by atoms with Crippen LogP contribution in [0.3, 0.4) is 0 Å². The maximum atomic E-state index is 4.02. The van der Waals surface area contributed by atoms with Gasteiger partial charge in [-0.15, -0.1) is 0 Å². The van der Waals surface area contributed by atoms with Crippen molar-refractivity contribution >= 4 is 5.69 Å². The van der Waals surface area contributed by atoms with E-state index in [1.165, 1.54) is 12.8 Å². The van der Waals surface area contributed by atoms with Crippen molar-refractivity contribution in [2.75, 3.05) is 11.9 Å². The van der Waals surface area contributed by atoms with E-state index in [-0.39, 0.29) is 0 Å². The molecule has 0 aliphatic heterocycles. The van der Waals surface area contributed by atoms with Crippen LogP contribution in [0.25, 0.3) is 0 Å². The molecule has 1 aliphatic rings. The van der Waals surface area contributed by atoms with E-state index in [0.29, 0.717) is 0 Å². The molecule has 0 atom stereocenters. The molecule has 2 rings (SSSR count). The summed E-state index contributed by atoms with van der Waals surface area (Å²) in [7, 11) is 0. The third-order valence-corrected chi connectivity index (χ3v) is 1.95. The fourth-order valence-corrected chi connectivity index (χ4v) is 1.05. The normalized spacial score (nSPS) is 16.4. The lowest BCUT2D eigenvalue weighted by Gasteiger charge is -2.02. The summed E-state index contributed by atoms with van der Waals surface area (Å²) in [6.07, 6.45) is 6.45. The molecule has 1 aromatic heterocycles. The first-order valence-electron chi connectivity index (χ1n) is 4.09. The summed E-state index contributed by atoms with van der Waals surface area (Å²) >= 11 is 0. The van der Waals surface area contributed by atoms with Gasteiger partial charge in [0.15, 0.2) is 0 Å². The molecule has 1 N–H and O–H groups in total. The Kier molecular flexibility index (Phi) is 1.76. The van der Waals surface area contributed by atoms with Gasteiger partial charge in [-0.3, -0.25) is 4.98 Å². The maximum Gasteiger partial charge on any atom is 0.0526 e. The summed E-state index contributed by atoms with van der Waals surface area (Å²) in [4.78, 5) is 4.02. The molecule has 2 nitrogen and oxygen atoms in total. The Balaban J connectivity index is 1.85. The molecule has 0 saturated heterocycles. The molecule has 1 aromatic rings. The van der Waals surface area contributed by atoms with Crippen LogP contribution in [0.5, 0.6) is 0 Å². The lowest BCUT2D eigenvalue weighted by molar-refractivity contribution is 0.888. The van der Waals surface area contributed by atoms with Gasteiger partial charge in [0.05, 0.1) is 5.69 Å². The fourth-order valence-electron chi connectivity index (χ4n) is 1.05. The van der Waals surface area contributed by atoms with Crippen LogP contribution in [0.1, 0.15) is 12.8 Å². The van der Waals surface area contributed by atoms with E-state index in [1.54, 1.807) is 6.20 Å². The van der Waals surface area contributed by atoms with Crippen molar-refractivity contribution in [3.63, 3.8) is 0 Å². The molecule has 0 amide bonds. The molecule has 0 radical (unpaired) electrons. The monoisotopic (exact) mass is 148 g/mol. The van der Waals surface area contributed by atoms with Crippen molar-refractivity contribution in [2.24, 2.45) is 5.92 Å². The second kappa shape index (κ2) is 2.91. The van der Waals surface area contributed by atoms with Crippen molar-refractivity contribution in [3.05, 3.63) is 24.5 Å². The molecular formula is C9H12N2. The molecule has 0 unspecified atom stereocenters. The number of pyridine rings is 1. The molecule has 2 heteroatoms. The summed E-state index contributed by atoms with van der Waals surface area (Å²) in [5, 5.41) is 3.34. The summed E-state index contributed by atoms with van der Waals surface area (Å²) < 4.78 is 0. The Labute approximate surface area is 66.7 Å². The van der Waals surface area contributed by atoms with E-state index < -0.39 is 0 Å². The van der Waals surface area contributed by atoms with E-state index in [0.717, 1.165) is 18.2 Å². The maximum absolute atomic E-state index is 4.02. The Hall–Kier alpha value is -1.05. The van der Waals surface area contributed by atoms with Gasteiger partial charge in [-0.1, -0.05) is 0 Å². The van der Waals surface area contributed by atoms with Crippen LogP contribution < -0.4 is 5.32 Å². The van der Waals surface area contributed by atoms with E-state index in [4.69, 9.17) is 0 Å². The minimum Gasteiger partial charge on any atom is -0.384 e. The topological polar surface area (TPSA) is 24.9 Å². The van der Waals surface area contributed by atoms with Crippen LogP contribution in [0.15, 0.2) is 24.5 Å². The van der Waals surface area contributed by atoms with Gasteiger partial charge in [0.2, 0.25) is 0 Å². The van der Waals surface area contributed by atoms with Crippen molar-refractivity contribution in [1.82, 2.24) is 4.98 Å². The summed E-state index contributed by atoms with van der Waals surface area (Å²) in [6.45, 7) is 1.12. The molecule has 0 aromatic carbocycles. The van der Waals surface area contributed by atoms with E-state index in [1.807, 2.05) is 12.3 Å². The third kappa shape index (κ3) is 1.93. The zero-order valence-corrected chi connectivity index (χ0v) is 6.46. The minimum absolute atomic E-state index is 0.926. The number of nitrogens with one attached hydrogen (secondary N) is 1. The zero-order chi connectivity index (χ0) is 7.52. The number of anilines is 1. The Morgan fingerprint density at radius 1 is 1.55 bits per heavy atom. The van der Waals surface area contributed by atoms with Crippen molar-refractivity contribution in [2.45, 2.75) is 12.8 Å². The first-order valence-corrected chi connectivity index (χ1v) is 4.09. The quantitative estimate of drug-likeness (QED) is 0.708. The molecule has 1 heterocycles. The molecule has 1 saturated carbocycles. The Morgan fingerprint density at radius 2 is 2.45 bits per heavy atom. The second-order valence-electron chi connectivity index (χ2n) is 3.07. The second-order valence-corrected chi connectivity index (χ2v) is 3.07. The van der Waals surface area contributed by atoms with Crippen LogP contribution in [-0.2, 0) is 0 Å². The van der Waals surface area contributed by atoms with Crippen LogP contribution in [-0.4, -0.2) is 11.5 Å². The van der Waals surface area contributed by atoms with Gasteiger partial charge in [0.25, 0.3) is 0 Å². The lowest BCUT2D eigenvalue weighted by atomic mass is 10.4. The highest BCUT2D eigenvalue weighted by Crippen LogP contribution is 2.28. The molecule has 1 fully saturated rings. The van der Waals surface area contributed by atoms with Crippen LogP contribution in [0.2, 0.25) is 0 Å². The van der Waals surface area contributed by atoms with Gasteiger partial charge >= 0.3 is 0 Å². The standard InChI is InChI=1S/C9H12N2/c1-2-9(7-10-5-1)11-6-8-3-4-8/h1-2,5,7-8,11H,3-4,6H2. The molecule has 1 aliphatic carbocycles. The summed E-state index contributed by atoms with van der Waals surface area (Å²) in [5.74, 6) is 0.926. The first-order chi connectivity index (χ1) is 5.45. The number of nitrogens with zero attached hydrogens (tertiary/aromatic N) is 1. The molecule has 0 spiro atoms. The predicted octanol–water partition coefficient (Wildman–Crippen LogP) is 1.90. The smallest absolute Gasteiger partial charge is 0.0526 e. The fraction of sp³-hybridized carbons (Fsp3) is 0.444. The molecule has 0 bridgehead atoms. The van der Waals surface area contributed by atoms with Gasteiger partial charge in [0.1, 0.15) is 0 Å². The van der Waals surface area contributed by atoms with Gasteiger partial charge in [0, 0.05) is 18.9 Å². The number of aromatic nitrogens is 1. The minimum atomic E-state index is 0.926. The highest BCUT2D eigenvalue weighted by molar-refractivity contribution is 5.39. The summed E-state index contributed by atoms with van der Waals surface area (Å²) in [6, 6.07) is 4.00. The van der Waals surface area contributed by atoms with Gasteiger partial charge in [-0.05, 0) is 30.9 Å². The third-order valence-electron chi connectivity index (χ3n) is 1.95. The van der Waals surface area contributed by atoms with Crippen LogP contribution >= 0.6 is 0 Å². The SMILES string of the molecule is c1cncc(NCC2CC2)c1. The number of hydrogen-bond donors (Lipinski definition) is 1. The molecular weight excluding hydrogens is 136 g/mol. The largest absolute Gasteiger partial charge is 0.384 e. The Morgan fingerprint density at radius 3 is 3.09 bits per heavy atom. The first kappa shape index (κ1) is 6.65. The average Bonchev–Trinajstić information content (AvgIpc) is 2.86.